The van der Waals surface area contributed by atoms with Gasteiger partial charge in [-0.25, -0.2) is 19.2 Å². The molecule has 0 bridgehead atoms. The second kappa shape index (κ2) is 3.98. The molecule has 3 aromatic heterocycles. The predicted molar refractivity (Wildman–Crippen MR) is 66.5 cm³/mol. The second-order valence-electron chi connectivity index (χ2n) is 3.78. The highest BCUT2D eigenvalue weighted by Gasteiger charge is 2.14. The van der Waals surface area contributed by atoms with Gasteiger partial charge in [0.25, 0.3) is 0 Å². The van der Waals surface area contributed by atoms with Crippen LogP contribution in [0, 0.1) is 0 Å². The highest BCUT2D eigenvalue weighted by molar-refractivity contribution is 7.13. The van der Waals surface area contributed by atoms with Crippen LogP contribution in [0.15, 0.2) is 16.5 Å². The number of imidazole rings is 1. The van der Waals surface area contributed by atoms with Gasteiger partial charge in [-0.2, -0.15) is 4.68 Å². The molecule has 0 saturated heterocycles. The fraction of sp³-hybridized carbons (Fsp3) is 0.300. The fourth-order valence-corrected chi connectivity index (χ4v) is 2.50. The van der Waals surface area contributed by atoms with E-state index in [0.717, 1.165) is 21.8 Å². The van der Waals surface area contributed by atoms with E-state index in [9.17, 15) is 4.79 Å². The Morgan fingerprint density at radius 3 is 3.00 bits per heavy atom. The van der Waals surface area contributed by atoms with E-state index in [4.69, 9.17) is 0 Å². The van der Waals surface area contributed by atoms with E-state index in [1.165, 1.54) is 22.1 Å². The number of aromatic nitrogens is 6. The predicted octanol–water partition coefficient (Wildman–Crippen LogP) is 0.509. The van der Waals surface area contributed by atoms with Gasteiger partial charge in [-0.1, -0.05) is 12.1 Å². The van der Waals surface area contributed by atoms with Crippen LogP contribution in [-0.4, -0.2) is 29.4 Å². The molecular weight excluding hydrogens is 252 g/mol. The molecule has 0 aliphatic heterocycles. The lowest BCUT2D eigenvalue weighted by atomic mass is 10.4. The van der Waals surface area contributed by atoms with Crippen molar-refractivity contribution in [2.75, 3.05) is 0 Å². The highest BCUT2D eigenvalue weighted by Crippen LogP contribution is 2.24. The largest absolute Gasteiger partial charge is 0.352 e. The summed E-state index contributed by atoms with van der Waals surface area (Å²) in [4.78, 5) is 20.5. The third-order valence-electron chi connectivity index (χ3n) is 2.62. The molecule has 3 aromatic rings. The average Bonchev–Trinajstić information content (AvgIpc) is 2.99. The first-order valence-electron chi connectivity index (χ1n) is 5.42. The van der Waals surface area contributed by atoms with E-state index in [1.54, 1.807) is 7.05 Å². The minimum Gasteiger partial charge on any atom is -0.245 e. The van der Waals surface area contributed by atoms with Gasteiger partial charge >= 0.3 is 5.69 Å². The zero-order valence-electron chi connectivity index (χ0n) is 9.86. The zero-order chi connectivity index (χ0) is 12.7. The Kier molecular flexibility index (Phi) is 2.44. The molecule has 0 aromatic carbocycles. The quantitative estimate of drug-likeness (QED) is 0.672. The Hall–Kier alpha value is -2.09. The van der Waals surface area contributed by atoms with Crippen molar-refractivity contribution in [2.45, 2.75) is 13.3 Å². The van der Waals surface area contributed by atoms with E-state index < -0.39 is 0 Å². The van der Waals surface area contributed by atoms with Crippen molar-refractivity contribution >= 4 is 17.0 Å². The van der Waals surface area contributed by atoms with Crippen LogP contribution in [0.5, 0.6) is 0 Å². The molecule has 0 atom stereocenters. The Labute approximate surface area is 106 Å². The van der Waals surface area contributed by atoms with Crippen molar-refractivity contribution in [1.29, 1.82) is 0 Å². The molecule has 0 fully saturated rings. The van der Waals surface area contributed by atoms with E-state index in [1.807, 2.05) is 12.3 Å². The summed E-state index contributed by atoms with van der Waals surface area (Å²) in [5, 5.41) is 10.5. The summed E-state index contributed by atoms with van der Waals surface area (Å²) < 4.78 is 2.53. The molecule has 18 heavy (non-hydrogen) atoms. The van der Waals surface area contributed by atoms with E-state index in [0.29, 0.717) is 11.3 Å². The lowest BCUT2D eigenvalue weighted by Crippen LogP contribution is -2.26. The third kappa shape index (κ3) is 1.53. The fourth-order valence-electron chi connectivity index (χ4n) is 1.61. The number of hydrogen-bond donors (Lipinski definition) is 0. The van der Waals surface area contributed by atoms with Crippen LogP contribution in [0.2, 0.25) is 0 Å². The number of thiazole rings is 1. The average molecular weight is 262 g/mol. The number of rotatable bonds is 2. The van der Waals surface area contributed by atoms with Gasteiger partial charge in [0.2, 0.25) is 0 Å². The summed E-state index contributed by atoms with van der Waals surface area (Å²) in [5.41, 5.74) is 1.78. The molecule has 0 radical (unpaired) electrons. The van der Waals surface area contributed by atoms with E-state index in [-0.39, 0.29) is 5.69 Å². The Morgan fingerprint density at radius 2 is 2.28 bits per heavy atom. The van der Waals surface area contributed by atoms with E-state index in [2.05, 4.69) is 20.3 Å². The maximum absolute atomic E-state index is 11.8. The van der Waals surface area contributed by atoms with Gasteiger partial charge in [-0.15, -0.1) is 16.4 Å². The molecule has 3 rings (SSSR count). The van der Waals surface area contributed by atoms with Gasteiger partial charge in [0.1, 0.15) is 17.0 Å². The molecule has 0 amide bonds. The first-order valence-corrected chi connectivity index (χ1v) is 6.30. The first-order chi connectivity index (χ1) is 8.70. The van der Waals surface area contributed by atoms with Crippen LogP contribution >= 0.6 is 11.3 Å². The van der Waals surface area contributed by atoms with Crippen LogP contribution in [0.4, 0.5) is 0 Å². The number of hydrogen-bond acceptors (Lipinski definition) is 6. The standard InChI is InChI=1S/C10H10N6OS/c1-3-6-4-18-9(12-6)7-8-13-14-15(2)10(17)16(8)5-11-7/h4-5H,3H2,1-2H3. The minimum atomic E-state index is -0.272. The van der Waals surface area contributed by atoms with Gasteiger partial charge in [-0.3, -0.25) is 0 Å². The number of fused-ring (bicyclic) bond motifs is 1. The summed E-state index contributed by atoms with van der Waals surface area (Å²) in [6.07, 6.45) is 2.32. The monoisotopic (exact) mass is 262 g/mol. The zero-order valence-corrected chi connectivity index (χ0v) is 10.7. The molecule has 7 nitrogen and oxygen atoms in total. The lowest BCUT2D eigenvalue weighted by Gasteiger charge is -1.95. The maximum atomic E-state index is 11.8. The molecule has 0 aliphatic carbocycles. The molecule has 0 aliphatic rings. The van der Waals surface area contributed by atoms with E-state index >= 15 is 0 Å². The summed E-state index contributed by atoms with van der Waals surface area (Å²) in [5.74, 6) is 0. The summed E-state index contributed by atoms with van der Waals surface area (Å²) >= 11 is 1.49. The molecule has 0 spiro atoms. The van der Waals surface area contributed by atoms with Gasteiger partial charge in [0.15, 0.2) is 5.65 Å². The number of aryl methyl sites for hydroxylation is 2. The smallest absolute Gasteiger partial charge is 0.245 e. The summed E-state index contributed by atoms with van der Waals surface area (Å²) in [6, 6.07) is 0. The second-order valence-corrected chi connectivity index (χ2v) is 4.64. The third-order valence-corrected chi connectivity index (χ3v) is 3.51. The van der Waals surface area contributed by atoms with Crippen LogP contribution in [0.25, 0.3) is 16.3 Å². The van der Waals surface area contributed by atoms with Crippen LogP contribution in [-0.2, 0) is 13.5 Å². The van der Waals surface area contributed by atoms with Gasteiger partial charge < -0.3 is 0 Å². The minimum absolute atomic E-state index is 0.272. The summed E-state index contributed by atoms with van der Waals surface area (Å²) in [7, 11) is 1.55. The van der Waals surface area contributed by atoms with Crippen molar-refractivity contribution in [3.05, 3.63) is 27.9 Å². The lowest BCUT2D eigenvalue weighted by molar-refractivity contribution is 0.607. The van der Waals surface area contributed by atoms with Gasteiger partial charge in [-0.05, 0) is 6.42 Å². The summed E-state index contributed by atoms with van der Waals surface area (Å²) in [6.45, 7) is 2.04. The van der Waals surface area contributed by atoms with Crippen LogP contribution in [0.1, 0.15) is 12.6 Å². The maximum Gasteiger partial charge on any atom is 0.352 e. The van der Waals surface area contributed by atoms with Crippen molar-refractivity contribution in [3.8, 4) is 10.7 Å². The highest BCUT2D eigenvalue weighted by atomic mass is 32.1. The first kappa shape index (κ1) is 11.0. The van der Waals surface area contributed by atoms with Gasteiger partial charge in [0.05, 0.1) is 5.69 Å². The number of nitrogens with zero attached hydrogens (tertiary/aromatic N) is 6. The molecule has 0 N–H and O–H groups in total. The molecule has 0 unspecified atom stereocenters. The van der Waals surface area contributed by atoms with Crippen molar-refractivity contribution in [2.24, 2.45) is 7.05 Å². The molecule has 0 saturated carbocycles. The topological polar surface area (TPSA) is 78.0 Å². The van der Waals surface area contributed by atoms with Crippen molar-refractivity contribution in [1.82, 2.24) is 29.4 Å². The Bertz CT molecular complexity index is 770. The molecule has 3 heterocycles. The Morgan fingerprint density at radius 1 is 1.44 bits per heavy atom. The molecule has 92 valence electrons. The molecular formula is C10H10N6OS. The van der Waals surface area contributed by atoms with Crippen LogP contribution < -0.4 is 5.69 Å². The SMILES string of the molecule is CCc1csc(-c2ncn3c(=O)n(C)nnc23)n1. The Balaban J connectivity index is 2.24. The van der Waals surface area contributed by atoms with Gasteiger partial charge in [0, 0.05) is 12.4 Å². The van der Waals surface area contributed by atoms with Crippen molar-refractivity contribution in [3.63, 3.8) is 0 Å². The van der Waals surface area contributed by atoms with Crippen molar-refractivity contribution < 1.29 is 0 Å². The molecule has 8 heteroatoms. The van der Waals surface area contributed by atoms with Crippen LogP contribution in [0.3, 0.4) is 0 Å². The normalized spacial score (nSPS) is 11.2.